The number of carbonyl (C=O) groups is 2. The number of para-hydroxylation sites is 2. The van der Waals surface area contributed by atoms with E-state index in [2.05, 4.69) is 25.3 Å². The Labute approximate surface area is 178 Å². The molecule has 2 aromatic carbocycles. The van der Waals surface area contributed by atoms with Crippen molar-refractivity contribution in [1.82, 2.24) is 19.9 Å². The van der Waals surface area contributed by atoms with Gasteiger partial charge in [-0.3, -0.25) is 10.1 Å². The van der Waals surface area contributed by atoms with Crippen LogP contribution in [0, 0.1) is 0 Å². The average Bonchev–Trinajstić information content (AvgIpc) is 3.24. The van der Waals surface area contributed by atoms with Gasteiger partial charge in [0.1, 0.15) is 0 Å². The Kier molecular flexibility index (Phi) is 5.84. The lowest BCUT2D eigenvalue weighted by atomic mass is 10.2. The van der Waals surface area contributed by atoms with Crippen LogP contribution < -0.4 is 15.0 Å². The number of nitrogens with zero attached hydrogens (tertiary/aromatic N) is 4. The van der Waals surface area contributed by atoms with Crippen LogP contribution in [0.5, 0.6) is 5.88 Å². The molecule has 0 fully saturated rings. The number of rotatable bonds is 6. The van der Waals surface area contributed by atoms with Crippen molar-refractivity contribution in [3.05, 3.63) is 67.0 Å². The van der Waals surface area contributed by atoms with Gasteiger partial charge in [-0.2, -0.15) is 9.97 Å². The van der Waals surface area contributed by atoms with Gasteiger partial charge in [-0.25, -0.2) is 14.7 Å². The monoisotopic (exact) mass is 416 g/mol. The summed E-state index contributed by atoms with van der Waals surface area (Å²) in [6.07, 6.45) is 1.75. The molecule has 0 aliphatic rings. The molecule has 0 unspecified atom stereocenters. The van der Waals surface area contributed by atoms with E-state index < -0.39 is 6.09 Å². The van der Waals surface area contributed by atoms with Crippen molar-refractivity contribution >= 4 is 40.5 Å². The summed E-state index contributed by atoms with van der Waals surface area (Å²) in [6.45, 7) is 1.90. The predicted molar refractivity (Wildman–Crippen MR) is 116 cm³/mol. The standard InChI is InChI=1S/C22H20N6O3/c1-2-9-17(29)25-21-26-19-18(23-14-24-19)20(27-21)31-22(30)28(15-10-5-3-6-11-15)16-12-7-4-8-13-16/h3-8,10-14H,2,9H2,1H3,(H2,23,24,25,26,27,29). The Balaban J connectivity index is 1.69. The zero-order valence-electron chi connectivity index (χ0n) is 16.8. The number of benzene rings is 2. The highest BCUT2D eigenvalue weighted by atomic mass is 16.6. The minimum absolute atomic E-state index is 0.0315. The lowest BCUT2D eigenvalue weighted by Gasteiger charge is -2.22. The highest BCUT2D eigenvalue weighted by Gasteiger charge is 2.23. The lowest BCUT2D eigenvalue weighted by Crippen LogP contribution is -2.29. The quantitative estimate of drug-likeness (QED) is 0.481. The molecule has 0 atom stereocenters. The maximum atomic E-state index is 13.2. The molecule has 0 saturated heterocycles. The van der Waals surface area contributed by atoms with Gasteiger partial charge in [0.25, 0.3) is 5.88 Å². The fourth-order valence-corrected chi connectivity index (χ4v) is 2.99. The zero-order valence-corrected chi connectivity index (χ0v) is 16.8. The largest absolute Gasteiger partial charge is 0.425 e. The third-order valence-electron chi connectivity index (χ3n) is 4.37. The molecule has 4 aromatic rings. The molecule has 2 N–H and O–H groups in total. The van der Waals surface area contributed by atoms with Crippen molar-refractivity contribution < 1.29 is 14.3 Å². The number of amides is 2. The SMILES string of the molecule is CCCC(=O)Nc1nc(OC(=O)N(c2ccccc2)c2ccccc2)c2nc[nH]c2n1. The van der Waals surface area contributed by atoms with Gasteiger partial charge in [0.2, 0.25) is 11.9 Å². The van der Waals surface area contributed by atoms with E-state index in [0.29, 0.717) is 29.9 Å². The number of nitrogens with one attached hydrogen (secondary N) is 2. The summed E-state index contributed by atoms with van der Waals surface area (Å²) in [7, 11) is 0. The summed E-state index contributed by atoms with van der Waals surface area (Å²) in [5, 5.41) is 2.62. The molecular weight excluding hydrogens is 396 g/mol. The highest BCUT2D eigenvalue weighted by molar-refractivity contribution is 5.98. The number of ether oxygens (including phenoxy) is 1. The second kappa shape index (κ2) is 9.04. The molecular formula is C22H20N6O3. The van der Waals surface area contributed by atoms with Crippen molar-refractivity contribution in [2.24, 2.45) is 0 Å². The fraction of sp³-hybridized carbons (Fsp3) is 0.136. The minimum atomic E-state index is -0.675. The van der Waals surface area contributed by atoms with E-state index in [9.17, 15) is 9.59 Å². The summed E-state index contributed by atoms with van der Waals surface area (Å²) < 4.78 is 5.64. The maximum Gasteiger partial charge on any atom is 0.425 e. The van der Waals surface area contributed by atoms with E-state index in [1.165, 1.54) is 11.2 Å². The molecule has 31 heavy (non-hydrogen) atoms. The van der Waals surface area contributed by atoms with Gasteiger partial charge in [-0.1, -0.05) is 43.3 Å². The molecule has 0 spiro atoms. The summed E-state index contributed by atoms with van der Waals surface area (Å²) in [5.74, 6) is -0.252. The predicted octanol–water partition coefficient (Wildman–Crippen LogP) is 4.43. The summed E-state index contributed by atoms with van der Waals surface area (Å²) in [6, 6.07) is 18.2. The lowest BCUT2D eigenvalue weighted by molar-refractivity contribution is -0.116. The van der Waals surface area contributed by atoms with Crippen LogP contribution in [0.25, 0.3) is 11.2 Å². The first-order valence-corrected chi connectivity index (χ1v) is 9.78. The molecule has 2 amide bonds. The molecule has 156 valence electrons. The molecule has 9 nitrogen and oxygen atoms in total. The van der Waals surface area contributed by atoms with E-state index in [1.807, 2.05) is 43.3 Å². The summed E-state index contributed by atoms with van der Waals surface area (Å²) in [5.41, 5.74) is 1.88. The van der Waals surface area contributed by atoms with Crippen LogP contribution in [0.2, 0.25) is 0 Å². The van der Waals surface area contributed by atoms with Crippen molar-refractivity contribution in [3.63, 3.8) is 0 Å². The third-order valence-corrected chi connectivity index (χ3v) is 4.37. The smallest absolute Gasteiger partial charge is 0.388 e. The average molecular weight is 416 g/mol. The molecule has 0 bridgehead atoms. The molecule has 0 saturated carbocycles. The molecule has 9 heteroatoms. The maximum absolute atomic E-state index is 13.2. The molecule has 0 aliphatic heterocycles. The van der Waals surface area contributed by atoms with Crippen molar-refractivity contribution in [3.8, 4) is 5.88 Å². The first-order valence-electron chi connectivity index (χ1n) is 9.78. The second-order valence-corrected chi connectivity index (χ2v) is 6.62. The molecule has 2 heterocycles. The Morgan fingerprint density at radius 3 is 2.26 bits per heavy atom. The Bertz CT molecular complexity index is 1150. The van der Waals surface area contributed by atoms with Gasteiger partial charge in [0.15, 0.2) is 11.2 Å². The topological polar surface area (TPSA) is 113 Å². The van der Waals surface area contributed by atoms with Gasteiger partial charge in [0, 0.05) is 6.42 Å². The van der Waals surface area contributed by atoms with Crippen LogP contribution in [0.1, 0.15) is 19.8 Å². The van der Waals surface area contributed by atoms with Crippen LogP contribution in [-0.2, 0) is 4.79 Å². The van der Waals surface area contributed by atoms with E-state index in [4.69, 9.17) is 4.74 Å². The number of carbonyl (C=O) groups excluding carboxylic acids is 2. The summed E-state index contributed by atoms with van der Waals surface area (Å²) >= 11 is 0. The van der Waals surface area contributed by atoms with Gasteiger partial charge < -0.3 is 9.72 Å². The van der Waals surface area contributed by atoms with E-state index in [0.717, 1.165) is 0 Å². The Morgan fingerprint density at radius 2 is 1.65 bits per heavy atom. The molecule has 0 radical (unpaired) electrons. The van der Waals surface area contributed by atoms with E-state index in [-0.39, 0.29) is 23.3 Å². The fourth-order valence-electron chi connectivity index (χ4n) is 2.99. The highest BCUT2D eigenvalue weighted by Crippen LogP contribution is 2.28. The Hall–Kier alpha value is -4.27. The number of anilines is 3. The first-order chi connectivity index (χ1) is 15.2. The molecule has 0 aliphatic carbocycles. The third kappa shape index (κ3) is 4.50. The van der Waals surface area contributed by atoms with E-state index >= 15 is 0 Å². The zero-order chi connectivity index (χ0) is 21.6. The normalized spacial score (nSPS) is 10.6. The number of imidazole rings is 1. The van der Waals surface area contributed by atoms with Crippen LogP contribution in [0.15, 0.2) is 67.0 Å². The van der Waals surface area contributed by atoms with Gasteiger partial charge in [-0.15, -0.1) is 0 Å². The number of aromatic amines is 1. The number of hydrogen-bond donors (Lipinski definition) is 2. The van der Waals surface area contributed by atoms with Crippen molar-refractivity contribution in [2.75, 3.05) is 10.2 Å². The van der Waals surface area contributed by atoms with Crippen LogP contribution in [0.4, 0.5) is 22.1 Å². The van der Waals surface area contributed by atoms with Crippen molar-refractivity contribution in [2.45, 2.75) is 19.8 Å². The summed E-state index contributed by atoms with van der Waals surface area (Å²) in [4.78, 5) is 42.1. The van der Waals surface area contributed by atoms with Crippen molar-refractivity contribution in [1.29, 1.82) is 0 Å². The number of fused-ring (bicyclic) bond motifs is 1. The van der Waals surface area contributed by atoms with Crippen LogP contribution in [-0.4, -0.2) is 31.9 Å². The Morgan fingerprint density at radius 1 is 1.00 bits per heavy atom. The van der Waals surface area contributed by atoms with Gasteiger partial charge >= 0.3 is 6.09 Å². The van der Waals surface area contributed by atoms with Gasteiger partial charge in [0.05, 0.1) is 17.7 Å². The second-order valence-electron chi connectivity index (χ2n) is 6.62. The number of aromatic nitrogens is 4. The van der Waals surface area contributed by atoms with Crippen LogP contribution >= 0.6 is 0 Å². The first kappa shape index (κ1) is 20.0. The molecule has 4 rings (SSSR count). The van der Waals surface area contributed by atoms with E-state index in [1.54, 1.807) is 24.3 Å². The number of H-pyrrole nitrogens is 1. The van der Waals surface area contributed by atoms with Crippen LogP contribution in [0.3, 0.4) is 0 Å². The van der Waals surface area contributed by atoms with Gasteiger partial charge in [-0.05, 0) is 30.7 Å². The minimum Gasteiger partial charge on any atom is -0.388 e. The number of hydrogen-bond acceptors (Lipinski definition) is 6. The molecule has 2 aromatic heterocycles.